The highest BCUT2D eigenvalue weighted by Crippen LogP contribution is 2.28. The molecule has 0 saturated heterocycles. The molecule has 1 heterocycles. The van der Waals surface area contributed by atoms with E-state index in [2.05, 4.69) is 27.5 Å². The van der Waals surface area contributed by atoms with Crippen LogP contribution in [0.25, 0.3) is 0 Å². The molecule has 0 aromatic carbocycles. The summed E-state index contributed by atoms with van der Waals surface area (Å²) >= 11 is 0. The number of aromatic nitrogens is 2. The fourth-order valence-corrected chi connectivity index (χ4v) is 1.84. The molecule has 106 valence electrons. The minimum absolute atomic E-state index is 0.735. The number of hydrogen-bond acceptors (Lipinski definition) is 5. The molecule has 2 rings (SSSR count). The molecule has 2 N–H and O–H groups in total. The average molecular weight is 264 g/mol. The van der Waals surface area contributed by atoms with Crippen molar-refractivity contribution in [2.24, 2.45) is 5.92 Å². The first kappa shape index (κ1) is 14.1. The van der Waals surface area contributed by atoms with Crippen LogP contribution in [0.5, 0.6) is 0 Å². The van der Waals surface area contributed by atoms with Crippen molar-refractivity contribution in [2.75, 3.05) is 37.4 Å². The minimum atomic E-state index is 0.735. The second-order valence-corrected chi connectivity index (χ2v) is 5.00. The van der Waals surface area contributed by atoms with Gasteiger partial charge in [-0.1, -0.05) is 6.92 Å². The zero-order valence-electron chi connectivity index (χ0n) is 11.9. The average Bonchev–Trinajstić information content (AvgIpc) is 3.22. The van der Waals surface area contributed by atoms with Crippen molar-refractivity contribution in [3.63, 3.8) is 0 Å². The lowest BCUT2D eigenvalue weighted by atomic mass is 10.3. The van der Waals surface area contributed by atoms with Crippen molar-refractivity contribution in [3.05, 3.63) is 11.9 Å². The van der Waals surface area contributed by atoms with Crippen molar-refractivity contribution >= 4 is 11.6 Å². The Morgan fingerprint density at radius 1 is 1.32 bits per heavy atom. The first-order valence-electron chi connectivity index (χ1n) is 7.19. The van der Waals surface area contributed by atoms with Crippen molar-refractivity contribution in [2.45, 2.75) is 32.6 Å². The maximum absolute atomic E-state index is 5.59. The third-order valence-electron chi connectivity index (χ3n) is 3.11. The first-order valence-corrected chi connectivity index (χ1v) is 7.19. The molecule has 1 aliphatic carbocycles. The van der Waals surface area contributed by atoms with E-state index < -0.39 is 0 Å². The van der Waals surface area contributed by atoms with Crippen LogP contribution in [0.4, 0.5) is 11.6 Å². The van der Waals surface area contributed by atoms with E-state index in [0.717, 1.165) is 56.0 Å². The molecule has 0 amide bonds. The van der Waals surface area contributed by atoms with Gasteiger partial charge >= 0.3 is 0 Å². The second kappa shape index (κ2) is 7.28. The number of rotatable bonds is 9. The van der Waals surface area contributed by atoms with Gasteiger partial charge < -0.3 is 15.4 Å². The Hall–Kier alpha value is -1.36. The Balaban J connectivity index is 1.78. The van der Waals surface area contributed by atoms with E-state index in [0.29, 0.717) is 0 Å². The minimum Gasteiger partial charge on any atom is -0.379 e. The van der Waals surface area contributed by atoms with Gasteiger partial charge in [-0.15, -0.1) is 0 Å². The van der Waals surface area contributed by atoms with Crippen LogP contribution in [0.3, 0.4) is 0 Å². The molecule has 1 aromatic heterocycles. The molecule has 0 aliphatic heterocycles. The van der Waals surface area contributed by atoms with E-state index in [9.17, 15) is 0 Å². The van der Waals surface area contributed by atoms with Crippen LogP contribution in [0.2, 0.25) is 0 Å². The van der Waals surface area contributed by atoms with E-state index in [1.54, 1.807) is 0 Å². The van der Waals surface area contributed by atoms with Crippen LogP contribution in [0.15, 0.2) is 6.07 Å². The van der Waals surface area contributed by atoms with E-state index in [-0.39, 0.29) is 0 Å². The van der Waals surface area contributed by atoms with Crippen LogP contribution >= 0.6 is 0 Å². The Labute approximate surface area is 115 Å². The number of anilines is 2. The van der Waals surface area contributed by atoms with Gasteiger partial charge in [-0.25, -0.2) is 9.97 Å². The molecule has 0 bridgehead atoms. The predicted octanol–water partition coefficient (Wildman–Crippen LogP) is 2.31. The number of hydrogen-bond donors (Lipinski definition) is 2. The fourth-order valence-electron chi connectivity index (χ4n) is 1.84. The number of aryl methyl sites for hydroxylation is 1. The highest BCUT2D eigenvalue weighted by Gasteiger charge is 2.20. The molecule has 0 unspecified atom stereocenters. The highest BCUT2D eigenvalue weighted by atomic mass is 16.5. The maximum Gasteiger partial charge on any atom is 0.133 e. The lowest BCUT2D eigenvalue weighted by Gasteiger charge is -2.09. The molecule has 1 fully saturated rings. The summed E-state index contributed by atoms with van der Waals surface area (Å²) in [6.07, 6.45) is 4.63. The smallest absolute Gasteiger partial charge is 0.133 e. The number of nitrogens with one attached hydrogen (secondary N) is 2. The predicted molar refractivity (Wildman–Crippen MR) is 77.6 cm³/mol. The Morgan fingerprint density at radius 2 is 2.11 bits per heavy atom. The van der Waals surface area contributed by atoms with Gasteiger partial charge in [0.25, 0.3) is 0 Å². The van der Waals surface area contributed by atoms with Crippen LogP contribution < -0.4 is 10.6 Å². The summed E-state index contributed by atoms with van der Waals surface area (Å²) in [7, 11) is 1.88. The maximum atomic E-state index is 5.59. The Bertz CT molecular complexity index is 393. The fraction of sp³-hybridized carbons (Fsp3) is 0.714. The van der Waals surface area contributed by atoms with Gasteiger partial charge in [0.1, 0.15) is 17.5 Å². The third kappa shape index (κ3) is 5.03. The van der Waals surface area contributed by atoms with E-state index in [1.807, 2.05) is 13.1 Å². The molecule has 0 atom stereocenters. The monoisotopic (exact) mass is 264 g/mol. The van der Waals surface area contributed by atoms with Crippen LogP contribution in [-0.2, 0) is 11.2 Å². The van der Waals surface area contributed by atoms with Gasteiger partial charge in [-0.2, -0.15) is 0 Å². The number of ether oxygens (including phenoxy) is 1. The summed E-state index contributed by atoms with van der Waals surface area (Å²) in [6, 6.07) is 1.93. The van der Waals surface area contributed by atoms with E-state index in [1.165, 1.54) is 12.8 Å². The summed E-state index contributed by atoms with van der Waals surface area (Å²) < 4.78 is 5.59. The molecule has 5 heteroatoms. The molecule has 19 heavy (non-hydrogen) atoms. The first-order chi connectivity index (χ1) is 9.31. The van der Waals surface area contributed by atoms with Gasteiger partial charge in [0.15, 0.2) is 0 Å². The molecule has 1 aromatic rings. The summed E-state index contributed by atoms with van der Waals surface area (Å²) in [5.74, 6) is 3.44. The molecule has 0 spiro atoms. The normalized spacial score (nSPS) is 14.4. The lowest BCUT2D eigenvalue weighted by Crippen LogP contribution is -2.13. The zero-order valence-corrected chi connectivity index (χ0v) is 11.9. The Kier molecular flexibility index (Phi) is 5.39. The quantitative estimate of drug-likeness (QED) is 0.670. The molecule has 0 radical (unpaired) electrons. The highest BCUT2D eigenvalue weighted by molar-refractivity contribution is 5.47. The van der Waals surface area contributed by atoms with E-state index >= 15 is 0 Å². The van der Waals surface area contributed by atoms with Crippen molar-refractivity contribution in [1.29, 1.82) is 0 Å². The van der Waals surface area contributed by atoms with Gasteiger partial charge in [0.05, 0.1) is 6.61 Å². The summed E-state index contributed by atoms with van der Waals surface area (Å²) in [5.41, 5.74) is 0. The summed E-state index contributed by atoms with van der Waals surface area (Å²) in [4.78, 5) is 8.92. The van der Waals surface area contributed by atoms with Crippen LogP contribution in [0.1, 0.15) is 32.0 Å². The summed E-state index contributed by atoms with van der Waals surface area (Å²) in [5, 5.41) is 6.36. The Morgan fingerprint density at radius 3 is 2.79 bits per heavy atom. The molecule has 1 saturated carbocycles. The summed E-state index contributed by atoms with van der Waals surface area (Å²) in [6.45, 7) is 4.57. The van der Waals surface area contributed by atoms with Gasteiger partial charge in [-0.05, 0) is 25.2 Å². The van der Waals surface area contributed by atoms with Gasteiger partial charge in [0.2, 0.25) is 0 Å². The lowest BCUT2D eigenvalue weighted by molar-refractivity contribution is 0.134. The van der Waals surface area contributed by atoms with Crippen LogP contribution in [-0.4, -0.2) is 36.8 Å². The standard InChI is InChI=1S/C14H24N4O/c1-3-4-12-17-13(15-2)9-14(18-12)16-7-8-19-10-11-5-6-11/h9,11H,3-8,10H2,1-2H3,(H2,15,16,17,18). The van der Waals surface area contributed by atoms with Crippen molar-refractivity contribution < 1.29 is 4.74 Å². The number of nitrogens with zero attached hydrogens (tertiary/aromatic N) is 2. The second-order valence-electron chi connectivity index (χ2n) is 5.00. The molecular weight excluding hydrogens is 240 g/mol. The van der Waals surface area contributed by atoms with Crippen molar-refractivity contribution in [1.82, 2.24) is 9.97 Å². The third-order valence-corrected chi connectivity index (χ3v) is 3.11. The van der Waals surface area contributed by atoms with Crippen LogP contribution in [0, 0.1) is 5.92 Å². The van der Waals surface area contributed by atoms with Gasteiger partial charge in [-0.3, -0.25) is 0 Å². The topological polar surface area (TPSA) is 59.1 Å². The largest absolute Gasteiger partial charge is 0.379 e. The zero-order chi connectivity index (χ0) is 13.5. The molecular formula is C14H24N4O. The van der Waals surface area contributed by atoms with Gasteiger partial charge in [0, 0.05) is 32.7 Å². The molecule has 5 nitrogen and oxygen atoms in total. The molecule has 1 aliphatic rings. The van der Waals surface area contributed by atoms with Crippen molar-refractivity contribution in [3.8, 4) is 0 Å². The van der Waals surface area contributed by atoms with E-state index in [4.69, 9.17) is 4.74 Å². The SMILES string of the molecule is CCCc1nc(NC)cc(NCCOCC2CC2)n1.